The minimum Gasteiger partial charge on any atom is -0.357 e. The molecule has 1 aromatic carbocycles. The molecule has 22 heavy (non-hydrogen) atoms. The normalized spacial score (nSPS) is 15.0. The van der Waals surface area contributed by atoms with E-state index >= 15 is 0 Å². The number of pyridine rings is 1. The second kappa shape index (κ2) is 6.36. The van der Waals surface area contributed by atoms with Crippen LogP contribution in [-0.2, 0) is 15.8 Å². The molecule has 0 bridgehead atoms. The van der Waals surface area contributed by atoms with Crippen LogP contribution in [0.3, 0.4) is 0 Å². The Labute approximate surface area is 131 Å². The summed E-state index contributed by atoms with van der Waals surface area (Å²) in [6.07, 6.45) is 3.95. The zero-order chi connectivity index (χ0) is 15.4. The van der Waals surface area contributed by atoms with Crippen LogP contribution in [0.4, 0.5) is 11.5 Å². The third-order valence-electron chi connectivity index (χ3n) is 3.65. The molecule has 5 nitrogen and oxygen atoms in total. The molecule has 1 aromatic heterocycles. The first kappa shape index (κ1) is 14.8. The van der Waals surface area contributed by atoms with Gasteiger partial charge < -0.3 is 4.90 Å². The maximum absolute atomic E-state index is 12.2. The molecule has 1 saturated heterocycles. The average Bonchev–Trinajstić information content (AvgIpc) is 3.02. The quantitative estimate of drug-likeness (QED) is 0.921. The Kier molecular flexibility index (Phi) is 4.29. The molecule has 1 aliphatic rings. The molecular weight excluding hydrogens is 298 g/mol. The monoisotopic (exact) mass is 317 g/mol. The van der Waals surface area contributed by atoms with Crippen molar-refractivity contribution in [1.29, 1.82) is 0 Å². The smallest absolute Gasteiger partial charge is 0.236 e. The fraction of sp³-hybridized carbons (Fsp3) is 0.312. The van der Waals surface area contributed by atoms with E-state index in [1.54, 1.807) is 24.4 Å². The van der Waals surface area contributed by atoms with E-state index in [4.69, 9.17) is 0 Å². The fourth-order valence-electron chi connectivity index (χ4n) is 2.59. The number of sulfonamides is 1. The van der Waals surface area contributed by atoms with Crippen molar-refractivity contribution in [2.24, 2.45) is 0 Å². The largest absolute Gasteiger partial charge is 0.357 e. The number of nitrogens with one attached hydrogen (secondary N) is 1. The van der Waals surface area contributed by atoms with Crippen LogP contribution in [0.5, 0.6) is 0 Å². The van der Waals surface area contributed by atoms with Crippen molar-refractivity contribution in [2.75, 3.05) is 22.7 Å². The third kappa shape index (κ3) is 3.76. The van der Waals surface area contributed by atoms with E-state index in [0.29, 0.717) is 5.69 Å². The summed E-state index contributed by atoms with van der Waals surface area (Å²) in [7, 11) is -3.42. The van der Waals surface area contributed by atoms with Gasteiger partial charge in [-0.15, -0.1) is 0 Å². The van der Waals surface area contributed by atoms with Gasteiger partial charge >= 0.3 is 0 Å². The number of anilines is 2. The predicted octanol–water partition coefficient (Wildman–Crippen LogP) is 2.62. The van der Waals surface area contributed by atoms with Crippen molar-refractivity contribution in [3.05, 3.63) is 54.2 Å². The Morgan fingerprint density at radius 2 is 1.77 bits per heavy atom. The second-order valence-corrected chi connectivity index (χ2v) is 7.17. The maximum atomic E-state index is 12.2. The van der Waals surface area contributed by atoms with Crippen LogP contribution in [-0.4, -0.2) is 26.5 Å². The summed E-state index contributed by atoms with van der Waals surface area (Å²) in [5.74, 6) is 0.866. The van der Waals surface area contributed by atoms with Crippen molar-refractivity contribution in [2.45, 2.75) is 18.6 Å². The molecule has 2 aromatic rings. The number of aromatic nitrogens is 1. The second-order valence-electron chi connectivity index (χ2n) is 5.45. The molecule has 6 heteroatoms. The van der Waals surface area contributed by atoms with E-state index in [2.05, 4.69) is 14.6 Å². The van der Waals surface area contributed by atoms with Crippen LogP contribution >= 0.6 is 0 Å². The number of hydrogen-bond donors (Lipinski definition) is 1. The first-order valence-corrected chi connectivity index (χ1v) is 9.03. The first-order chi connectivity index (χ1) is 10.6. The highest BCUT2D eigenvalue weighted by atomic mass is 32.2. The highest BCUT2D eigenvalue weighted by Gasteiger charge is 2.15. The summed E-state index contributed by atoms with van der Waals surface area (Å²) >= 11 is 0. The van der Waals surface area contributed by atoms with Crippen LogP contribution in [0, 0.1) is 0 Å². The van der Waals surface area contributed by atoms with Gasteiger partial charge in [0.05, 0.1) is 17.6 Å². The van der Waals surface area contributed by atoms with Gasteiger partial charge in [-0.05, 0) is 30.5 Å². The third-order valence-corrected chi connectivity index (χ3v) is 4.91. The van der Waals surface area contributed by atoms with Gasteiger partial charge in [0.25, 0.3) is 0 Å². The molecule has 0 aliphatic carbocycles. The molecule has 1 fully saturated rings. The minimum absolute atomic E-state index is 0.0400. The molecule has 0 saturated carbocycles. The van der Waals surface area contributed by atoms with Crippen molar-refractivity contribution < 1.29 is 8.42 Å². The molecule has 1 N–H and O–H groups in total. The van der Waals surface area contributed by atoms with Gasteiger partial charge in [-0.1, -0.05) is 30.3 Å². The zero-order valence-corrected chi connectivity index (χ0v) is 13.1. The summed E-state index contributed by atoms with van der Waals surface area (Å²) in [6.45, 7) is 2.04. The lowest BCUT2D eigenvalue weighted by Gasteiger charge is -2.16. The lowest BCUT2D eigenvalue weighted by atomic mass is 10.2. The van der Waals surface area contributed by atoms with Gasteiger partial charge in [0, 0.05) is 13.1 Å². The SMILES string of the molecule is O=S(=O)(Cc1ccccc1)Nc1ccc(N2CCCC2)nc1. The van der Waals surface area contributed by atoms with Gasteiger partial charge in [0.2, 0.25) is 10.0 Å². The van der Waals surface area contributed by atoms with Crippen LogP contribution in [0.15, 0.2) is 48.7 Å². The molecule has 0 amide bonds. The van der Waals surface area contributed by atoms with E-state index < -0.39 is 10.0 Å². The van der Waals surface area contributed by atoms with Crippen LogP contribution in [0.25, 0.3) is 0 Å². The Morgan fingerprint density at radius 3 is 2.41 bits per heavy atom. The lowest BCUT2D eigenvalue weighted by molar-refractivity contribution is 0.600. The molecule has 0 radical (unpaired) electrons. The van der Waals surface area contributed by atoms with Crippen molar-refractivity contribution in [3.63, 3.8) is 0 Å². The van der Waals surface area contributed by atoms with E-state index in [0.717, 1.165) is 24.5 Å². The Bertz CT molecular complexity index is 709. The van der Waals surface area contributed by atoms with Crippen LogP contribution in [0.2, 0.25) is 0 Å². The number of benzene rings is 1. The number of nitrogens with zero attached hydrogens (tertiary/aromatic N) is 2. The Balaban J connectivity index is 1.67. The number of rotatable bonds is 5. The first-order valence-electron chi connectivity index (χ1n) is 7.38. The fourth-order valence-corrected chi connectivity index (χ4v) is 3.77. The highest BCUT2D eigenvalue weighted by Crippen LogP contribution is 2.20. The molecular formula is C16H19N3O2S. The van der Waals surface area contributed by atoms with Crippen molar-refractivity contribution >= 4 is 21.5 Å². The number of hydrogen-bond acceptors (Lipinski definition) is 4. The molecule has 0 unspecified atom stereocenters. The van der Waals surface area contributed by atoms with Crippen LogP contribution < -0.4 is 9.62 Å². The Hall–Kier alpha value is -2.08. The molecule has 1 aliphatic heterocycles. The predicted molar refractivity (Wildman–Crippen MR) is 88.4 cm³/mol. The summed E-state index contributed by atoms with van der Waals surface area (Å²) in [4.78, 5) is 6.56. The van der Waals surface area contributed by atoms with Gasteiger partial charge in [0.1, 0.15) is 5.82 Å². The standard InChI is InChI=1S/C16H19N3O2S/c20-22(21,13-14-6-2-1-3-7-14)18-15-8-9-16(17-12-15)19-10-4-5-11-19/h1-3,6-9,12,18H,4-5,10-11,13H2. The molecule has 2 heterocycles. The van der Waals surface area contributed by atoms with E-state index in [9.17, 15) is 8.42 Å². The molecule has 116 valence electrons. The Morgan fingerprint density at radius 1 is 1.05 bits per heavy atom. The topological polar surface area (TPSA) is 62.3 Å². The molecule has 3 rings (SSSR count). The summed E-state index contributed by atoms with van der Waals surface area (Å²) in [5, 5.41) is 0. The highest BCUT2D eigenvalue weighted by molar-refractivity contribution is 7.91. The van der Waals surface area contributed by atoms with E-state index in [1.165, 1.54) is 12.8 Å². The minimum atomic E-state index is -3.42. The zero-order valence-electron chi connectivity index (χ0n) is 12.3. The van der Waals surface area contributed by atoms with E-state index in [1.807, 2.05) is 24.3 Å². The summed E-state index contributed by atoms with van der Waals surface area (Å²) in [6, 6.07) is 12.8. The van der Waals surface area contributed by atoms with Gasteiger partial charge in [0.15, 0.2) is 0 Å². The summed E-state index contributed by atoms with van der Waals surface area (Å²) in [5.41, 5.74) is 1.26. The van der Waals surface area contributed by atoms with Crippen LogP contribution in [0.1, 0.15) is 18.4 Å². The van der Waals surface area contributed by atoms with Gasteiger partial charge in [-0.25, -0.2) is 13.4 Å². The van der Waals surface area contributed by atoms with Crippen molar-refractivity contribution in [3.8, 4) is 0 Å². The lowest BCUT2D eigenvalue weighted by Crippen LogP contribution is -2.19. The average molecular weight is 317 g/mol. The van der Waals surface area contributed by atoms with Gasteiger partial charge in [-0.3, -0.25) is 4.72 Å². The summed E-state index contributed by atoms with van der Waals surface area (Å²) < 4.78 is 26.9. The maximum Gasteiger partial charge on any atom is 0.236 e. The van der Waals surface area contributed by atoms with E-state index in [-0.39, 0.29) is 5.75 Å². The molecule has 0 spiro atoms. The van der Waals surface area contributed by atoms with Crippen molar-refractivity contribution in [1.82, 2.24) is 4.98 Å². The molecule has 0 atom stereocenters. The van der Waals surface area contributed by atoms with Gasteiger partial charge in [-0.2, -0.15) is 0 Å².